The Hall–Kier alpha value is -0.0800. The fourth-order valence-corrected chi connectivity index (χ4v) is 3.68. The number of aliphatic hydroxyl groups is 1. The number of hydrogen-bond donors (Lipinski definition) is 1. The molecule has 1 aliphatic carbocycles. The summed E-state index contributed by atoms with van der Waals surface area (Å²) in [5.74, 6) is 1.63. The first-order valence-corrected chi connectivity index (χ1v) is 7.01. The fourth-order valence-electron chi connectivity index (χ4n) is 3.68. The van der Waals surface area contributed by atoms with E-state index in [2.05, 4.69) is 25.7 Å². The summed E-state index contributed by atoms with van der Waals surface area (Å²) in [4.78, 5) is 2.68. The van der Waals surface area contributed by atoms with Crippen molar-refractivity contribution in [2.45, 2.75) is 71.1 Å². The third-order valence-corrected chi connectivity index (χ3v) is 4.73. The molecule has 5 unspecified atom stereocenters. The summed E-state index contributed by atoms with van der Waals surface area (Å²) < 4.78 is 0. The fraction of sp³-hybridized carbons (Fsp3) is 1.00. The van der Waals surface area contributed by atoms with Gasteiger partial charge in [-0.05, 0) is 50.9 Å². The van der Waals surface area contributed by atoms with E-state index >= 15 is 0 Å². The molecule has 1 N–H and O–H groups in total. The number of nitrogens with zero attached hydrogens (tertiary/aromatic N) is 1. The second-order valence-electron chi connectivity index (χ2n) is 6.23. The highest BCUT2D eigenvalue weighted by Crippen LogP contribution is 2.33. The van der Waals surface area contributed by atoms with Gasteiger partial charge in [-0.15, -0.1) is 0 Å². The van der Waals surface area contributed by atoms with Gasteiger partial charge in [-0.1, -0.05) is 13.8 Å². The zero-order valence-corrected chi connectivity index (χ0v) is 11.0. The minimum atomic E-state index is -0.0431. The topological polar surface area (TPSA) is 23.5 Å². The Morgan fingerprint density at radius 2 is 1.81 bits per heavy atom. The van der Waals surface area contributed by atoms with Crippen molar-refractivity contribution in [2.75, 3.05) is 6.54 Å². The molecule has 0 amide bonds. The first kappa shape index (κ1) is 12.4. The van der Waals surface area contributed by atoms with Gasteiger partial charge in [0.25, 0.3) is 0 Å². The lowest BCUT2D eigenvalue weighted by Gasteiger charge is -2.47. The minimum Gasteiger partial charge on any atom is -0.393 e. The smallest absolute Gasteiger partial charge is 0.0555 e. The van der Waals surface area contributed by atoms with E-state index < -0.39 is 0 Å². The highest BCUT2D eigenvalue weighted by atomic mass is 16.3. The lowest BCUT2D eigenvalue weighted by Crippen LogP contribution is -2.52. The van der Waals surface area contributed by atoms with Crippen LogP contribution in [0, 0.1) is 11.8 Å². The van der Waals surface area contributed by atoms with Crippen LogP contribution in [0.2, 0.25) is 0 Å². The van der Waals surface area contributed by atoms with Crippen molar-refractivity contribution in [3.63, 3.8) is 0 Å². The van der Waals surface area contributed by atoms with E-state index in [1.54, 1.807) is 0 Å². The Labute approximate surface area is 100 Å². The standard InChI is InChI=1S/C14H27NO/c1-10-7-11(2)12(3)15(9-10)13-5-4-6-14(16)8-13/h10-14,16H,4-9H2,1-3H3. The van der Waals surface area contributed by atoms with Crippen LogP contribution in [0.3, 0.4) is 0 Å². The van der Waals surface area contributed by atoms with Crippen LogP contribution in [-0.4, -0.2) is 34.7 Å². The molecule has 0 aromatic rings. The highest BCUT2D eigenvalue weighted by molar-refractivity contribution is 4.89. The molecule has 0 aromatic heterocycles. The Morgan fingerprint density at radius 3 is 2.50 bits per heavy atom. The van der Waals surface area contributed by atoms with Crippen LogP contribution in [0.1, 0.15) is 52.9 Å². The van der Waals surface area contributed by atoms with Gasteiger partial charge < -0.3 is 5.11 Å². The van der Waals surface area contributed by atoms with Crippen molar-refractivity contribution in [2.24, 2.45) is 11.8 Å². The first-order chi connectivity index (χ1) is 7.58. The summed E-state index contributed by atoms with van der Waals surface area (Å²) >= 11 is 0. The lowest BCUT2D eigenvalue weighted by molar-refractivity contribution is -0.00358. The predicted molar refractivity (Wildman–Crippen MR) is 67.4 cm³/mol. The molecular weight excluding hydrogens is 198 g/mol. The third kappa shape index (κ3) is 2.60. The zero-order valence-electron chi connectivity index (χ0n) is 11.0. The SMILES string of the molecule is CC1CC(C)C(C)N(C2CCCC(O)C2)C1. The summed E-state index contributed by atoms with van der Waals surface area (Å²) in [5.41, 5.74) is 0. The van der Waals surface area contributed by atoms with Gasteiger partial charge >= 0.3 is 0 Å². The summed E-state index contributed by atoms with van der Waals surface area (Å²) in [6.07, 6.45) is 5.85. The number of rotatable bonds is 1. The van der Waals surface area contributed by atoms with Crippen molar-refractivity contribution in [1.82, 2.24) is 4.90 Å². The molecule has 1 aliphatic heterocycles. The Kier molecular flexibility index (Phi) is 3.91. The van der Waals surface area contributed by atoms with Gasteiger partial charge in [-0.3, -0.25) is 4.90 Å². The number of aliphatic hydroxyl groups excluding tert-OH is 1. The lowest BCUT2D eigenvalue weighted by atomic mass is 9.82. The summed E-state index contributed by atoms with van der Waals surface area (Å²) in [6, 6.07) is 1.34. The Balaban J connectivity index is 2.00. The summed E-state index contributed by atoms with van der Waals surface area (Å²) in [6.45, 7) is 8.36. The monoisotopic (exact) mass is 225 g/mol. The second kappa shape index (κ2) is 5.05. The van der Waals surface area contributed by atoms with Crippen LogP contribution < -0.4 is 0 Å². The van der Waals surface area contributed by atoms with E-state index in [0.29, 0.717) is 12.1 Å². The molecule has 1 saturated carbocycles. The van der Waals surface area contributed by atoms with Gasteiger partial charge in [0.2, 0.25) is 0 Å². The van der Waals surface area contributed by atoms with Gasteiger partial charge in [0.05, 0.1) is 6.10 Å². The van der Waals surface area contributed by atoms with Crippen molar-refractivity contribution < 1.29 is 5.11 Å². The largest absolute Gasteiger partial charge is 0.393 e. The normalized spacial score (nSPS) is 46.9. The number of likely N-dealkylation sites (tertiary alicyclic amines) is 1. The molecule has 94 valence electrons. The number of piperidine rings is 1. The molecule has 1 heterocycles. The van der Waals surface area contributed by atoms with Crippen LogP contribution in [0.25, 0.3) is 0 Å². The molecule has 0 aromatic carbocycles. The molecule has 2 heteroatoms. The van der Waals surface area contributed by atoms with Crippen LogP contribution >= 0.6 is 0 Å². The average Bonchev–Trinajstić information content (AvgIpc) is 2.23. The molecular formula is C14H27NO. The molecule has 0 radical (unpaired) electrons. The molecule has 0 bridgehead atoms. The van der Waals surface area contributed by atoms with Gasteiger partial charge in [0.15, 0.2) is 0 Å². The van der Waals surface area contributed by atoms with Crippen LogP contribution in [0.5, 0.6) is 0 Å². The molecule has 0 spiro atoms. The average molecular weight is 225 g/mol. The maximum absolute atomic E-state index is 9.80. The van der Waals surface area contributed by atoms with E-state index in [1.165, 1.54) is 25.8 Å². The maximum Gasteiger partial charge on any atom is 0.0555 e. The highest BCUT2D eigenvalue weighted by Gasteiger charge is 2.35. The van der Waals surface area contributed by atoms with Crippen molar-refractivity contribution in [1.29, 1.82) is 0 Å². The molecule has 16 heavy (non-hydrogen) atoms. The summed E-state index contributed by atoms with van der Waals surface area (Å²) in [7, 11) is 0. The molecule has 5 atom stereocenters. The quantitative estimate of drug-likeness (QED) is 0.741. The van der Waals surface area contributed by atoms with E-state index in [9.17, 15) is 5.11 Å². The zero-order chi connectivity index (χ0) is 11.7. The Morgan fingerprint density at radius 1 is 1.06 bits per heavy atom. The van der Waals surface area contributed by atoms with Gasteiger partial charge in [0.1, 0.15) is 0 Å². The molecule has 2 nitrogen and oxygen atoms in total. The van der Waals surface area contributed by atoms with E-state index in [4.69, 9.17) is 0 Å². The van der Waals surface area contributed by atoms with E-state index in [-0.39, 0.29) is 6.10 Å². The maximum atomic E-state index is 9.80. The van der Waals surface area contributed by atoms with E-state index in [1.807, 2.05) is 0 Å². The van der Waals surface area contributed by atoms with Gasteiger partial charge in [-0.25, -0.2) is 0 Å². The van der Waals surface area contributed by atoms with Crippen LogP contribution in [0.4, 0.5) is 0 Å². The number of hydrogen-bond acceptors (Lipinski definition) is 2. The van der Waals surface area contributed by atoms with Crippen LogP contribution in [-0.2, 0) is 0 Å². The first-order valence-electron chi connectivity index (χ1n) is 7.01. The van der Waals surface area contributed by atoms with Gasteiger partial charge in [-0.2, -0.15) is 0 Å². The van der Waals surface area contributed by atoms with Crippen molar-refractivity contribution >= 4 is 0 Å². The molecule has 2 rings (SSSR count). The second-order valence-corrected chi connectivity index (χ2v) is 6.23. The molecule has 1 saturated heterocycles. The minimum absolute atomic E-state index is 0.0431. The van der Waals surface area contributed by atoms with E-state index in [0.717, 1.165) is 24.7 Å². The predicted octanol–water partition coefficient (Wildman–Crippen LogP) is 2.66. The molecule has 2 aliphatic rings. The third-order valence-electron chi connectivity index (χ3n) is 4.73. The molecule has 2 fully saturated rings. The van der Waals surface area contributed by atoms with Crippen molar-refractivity contribution in [3.8, 4) is 0 Å². The van der Waals surface area contributed by atoms with Crippen LogP contribution in [0.15, 0.2) is 0 Å². The van der Waals surface area contributed by atoms with Gasteiger partial charge in [0, 0.05) is 18.6 Å². The Bertz CT molecular complexity index is 231. The summed E-state index contributed by atoms with van der Waals surface area (Å²) in [5, 5.41) is 9.80. The van der Waals surface area contributed by atoms with Crippen molar-refractivity contribution in [3.05, 3.63) is 0 Å².